The zero-order valence-electron chi connectivity index (χ0n) is 12.9. The fourth-order valence-electron chi connectivity index (χ4n) is 2.55. The molecule has 0 aliphatic heterocycles. The van der Waals surface area contributed by atoms with Crippen molar-refractivity contribution in [3.05, 3.63) is 68.0 Å². The lowest BCUT2D eigenvalue weighted by Gasteiger charge is -2.14. The molecule has 8 heteroatoms. The first-order valence-electron chi connectivity index (χ1n) is 7.40. The summed E-state index contributed by atoms with van der Waals surface area (Å²) in [5.41, 5.74) is 0.606. The molecule has 2 aromatic carbocycles. The molecule has 1 aromatic heterocycles. The number of rotatable bonds is 4. The largest absolute Gasteiger partial charge is 0.465 e. The van der Waals surface area contributed by atoms with E-state index >= 15 is 0 Å². The van der Waals surface area contributed by atoms with Crippen LogP contribution >= 0.6 is 22.6 Å². The molecular formula is C17H13FIN3O3. The fraction of sp³-hybridized carbons (Fsp3) is 0.118. The van der Waals surface area contributed by atoms with Crippen LogP contribution in [-0.4, -0.2) is 27.3 Å². The normalized spacial score (nSPS) is 10.8. The summed E-state index contributed by atoms with van der Waals surface area (Å²) in [4.78, 5) is 28.1. The minimum absolute atomic E-state index is 0.109. The van der Waals surface area contributed by atoms with Gasteiger partial charge in [0.2, 0.25) is 0 Å². The Morgan fingerprint density at radius 3 is 2.68 bits per heavy atom. The molecule has 6 nitrogen and oxygen atoms in total. The van der Waals surface area contributed by atoms with Crippen molar-refractivity contribution >= 4 is 39.6 Å². The van der Waals surface area contributed by atoms with Crippen molar-refractivity contribution in [1.82, 2.24) is 14.9 Å². The lowest BCUT2D eigenvalue weighted by Crippen LogP contribution is -2.29. The van der Waals surface area contributed by atoms with Gasteiger partial charge in [0.05, 0.1) is 16.6 Å². The maximum atomic E-state index is 13.7. The van der Waals surface area contributed by atoms with E-state index in [1.54, 1.807) is 24.3 Å². The fourth-order valence-corrected chi connectivity index (χ4v) is 3.26. The quantitative estimate of drug-likeness (QED) is 0.596. The lowest BCUT2D eigenvalue weighted by atomic mass is 10.2. The molecular weight excluding hydrogens is 440 g/mol. The number of hydrogen-bond acceptors (Lipinski definition) is 3. The summed E-state index contributed by atoms with van der Waals surface area (Å²) < 4.78 is 15.7. The predicted molar refractivity (Wildman–Crippen MR) is 99.7 cm³/mol. The Morgan fingerprint density at radius 2 is 2.00 bits per heavy atom. The van der Waals surface area contributed by atoms with Crippen molar-refractivity contribution in [2.24, 2.45) is 0 Å². The maximum Gasteiger partial charge on any atom is 0.404 e. The lowest BCUT2D eigenvalue weighted by molar-refractivity contribution is 0.194. The molecule has 0 aliphatic rings. The van der Waals surface area contributed by atoms with Gasteiger partial charge >= 0.3 is 6.09 Å². The van der Waals surface area contributed by atoms with E-state index in [0.29, 0.717) is 20.6 Å². The van der Waals surface area contributed by atoms with E-state index in [1.165, 1.54) is 16.7 Å². The highest BCUT2D eigenvalue weighted by atomic mass is 127. The van der Waals surface area contributed by atoms with Crippen LogP contribution in [0.25, 0.3) is 16.6 Å². The zero-order valence-corrected chi connectivity index (χ0v) is 15.0. The van der Waals surface area contributed by atoms with Crippen molar-refractivity contribution in [2.75, 3.05) is 6.54 Å². The molecule has 1 amide bonds. The molecule has 25 heavy (non-hydrogen) atoms. The van der Waals surface area contributed by atoms with E-state index in [4.69, 9.17) is 5.11 Å². The molecule has 0 saturated heterocycles. The minimum Gasteiger partial charge on any atom is -0.465 e. The highest BCUT2D eigenvalue weighted by molar-refractivity contribution is 14.1. The molecule has 0 unspecified atom stereocenters. The molecule has 0 atom stereocenters. The van der Waals surface area contributed by atoms with E-state index in [-0.39, 0.29) is 23.9 Å². The number of benzene rings is 2. The second kappa shape index (κ2) is 7.18. The summed E-state index contributed by atoms with van der Waals surface area (Å²) in [7, 11) is 0. The van der Waals surface area contributed by atoms with Crippen LogP contribution in [-0.2, 0) is 6.42 Å². The molecule has 0 radical (unpaired) electrons. The van der Waals surface area contributed by atoms with E-state index in [0.717, 1.165) is 0 Å². The Bertz CT molecular complexity index is 1010. The maximum absolute atomic E-state index is 13.7. The Labute approximate surface area is 155 Å². The van der Waals surface area contributed by atoms with E-state index < -0.39 is 11.9 Å². The van der Waals surface area contributed by atoms with Gasteiger partial charge in [-0.1, -0.05) is 18.2 Å². The van der Waals surface area contributed by atoms with Crippen LogP contribution in [0.5, 0.6) is 0 Å². The number of hydrogen-bond donors (Lipinski definition) is 2. The molecule has 0 saturated carbocycles. The first kappa shape index (κ1) is 17.3. The number of fused-ring (bicyclic) bond motifs is 1. The summed E-state index contributed by atoms with van der Waals surface area (Å²) in [6.07, 6.45) is -0.925. The van der Waals surface area contributed by atoms with E-state index in [2.05, 4.69) is 10.3 Å². The van der Waals surface area contributed by atoms with Gasteiger partial charge in [-0.2, -0.15) is 0 Å². The van der Waals surface area contributed by atoms with Gasteiger partial charge in [0.15, 0.2) is 0 Å². The second-order valence-electron chi connectivity index (χ2n) is 5.27. The van der Waals surface area contributed by atoms with Crippen molar-refractivity contribution in [3.8, 4) is 5.69 Å². The Hall–Kier alpha value is -2.49. The topological polar surface area (TPSA) is 84.2 Å². The molecule has 128 valence electrons. The van der Waals surface area contributed by atoms with Gasteiger partial charge in [0.1, 0.15) is 11.6 Å². The smallest absolute Gasteiger partial charge is 0.404 e. The summed E-state index contributed by atoms with van der Waals surface area (Å²) in [6, 6.07) is 11.3. The molecule has 2 N–H and O–H groups in total. The highest BCUT2D eigenvalue weighted by Crippen LogP contribution is 2.20. The average molecular weight is 453 g/mol. The average Bonchev–Trinajstić information content (AvgIpc) is 2.56. The SMILES string of the molecule is O=C(O)NCCc1nc2c(I)cc(F)cc2c(=O)n1-c1ccccc1. The molecule has 0 fully saturated rings. The molecule has 0 aliphatic carbocycles. The van der Waals surface area contributed by atoms with Gasteiger partial charge in [0, 0.05) is 16.5 Å². The molecule has 0 spiro atoms. The monoisotopic (exact) mass is 453 g/mol. The van der Waals surface area contributed by atoms with Crippen LogP contribution in [0.15, 0.2) is 47.3 Å². The number of nitrogens with zero attached hydrogens (tertiary/aromatic N) is 2. The summed E-state index contributed by atoms with van der Waals surface area (Å²) in [6.45, 7) is 0.109. The van der Waals surface area contributed by atoms with Crippen molar-refractivity contribution in [2.45, 2.75) is 6.42 Å². The van der Waals surface area contributed by atoms with Gasteiger partial charge < -0.3 is 10.4 Å². The summed E-state index contributed by atoms with van der Waals surface area (Å²) in [5, 5.41) is 11.2. The first-order valence-corrected chi connectivity index (χ1v) is 8.48. The second-order valence-corrected chi connectivity index (χ2v) is 6.43. The summed E-state index contributed by atoms with van der Waals surface area (Å²) >= 11 is 1.93. The molecule has 1 heterocycles. The van der Waals surface area contributed by atoms with Crippen LogP contribution in [0.3, 0.4) is 0 Å². The standard InChI is InChI=1S/C17H13FIN3O3/c18-10-8-12-15(13(19)9-10)21-14(6-7-20-17(24)25)22(16(12)23)11-4-2-1-3-5-11/h1-5,8-9,20H,6-7H2,(H,24,25). The van der Waals surface area contributed by atoms with Crippen molar-refractivity contribution in [1.29, 1.82) is 0 Å². The van der Waals surface area contributed by atoms with Crippen LogP contribution in [0, 0.1) is 9.39 Å². The van der Waals surface area contributed by atoms with Gasteiger partial charge in [0.25, 0.3) is 5.56 Å². The van der Waals surface area contributed by atoms with Crippen molar-refractivity contribution in [3.63, 3.8) is 0 Å². The van der Waals surface area contributed by atoms with Gasteiger partial charge in [-0.3, -0.25) is 9.36 Å². The third-order valence-electron chi connectivity index (χ3n) is 3.60. The Morgan fingerprint density at radius 1 is 1.28 bits per heavy atom. The van der Waals surface area contributed by atoms with Crippen LogP contribution < -0.4 is 10.9 Å². The number of aromatic nitrogens is 2. The molecule has 3 aromatic rings. The number of amides is 1. The van der Waals surface area contributed by atoms with Crippen LogP contribution in [0.2, 0.25) is 0 Å². The van der Waals surface area contributed by atoms with E-state index in [1.807, 2.05) is 28.7 Å². The van der Waals surface area contributed by atoms with Gasteiger partial charge in [-0.05, 0) is 46.9 Å². The molecule has 3 rings (SSSR count). The van der Waals surface area contributed by atoms with E-state index in [9.17, 15) is 14.0 Å². The number of para-hydroxylation sites is 1. The highest BCUT2D eigenvalue weighted by Gasteiger charge is 2.15. The number of nitrogens with one attached hydrogen (secondary N) is 1. The third-order valence-corrected chi connectivity index (χ3v) is 4.42. The first-order chi connectivity index (χ1) is 12.0. The minimum atomic E-state index is -1.15. The number of carboxylic acid groups (broad SMARTS) is 1. The third kappa shape index (κ3) is 3.63. The van der Waals surface area contributed by atoms with Crippen LogP contribution in [0.4, 0.5) is 9.18 Å². The summed E-state index contributed by atoms with van der Waals surface area (Å²) in [5.74, 6) is -0.0994. The van der Waals surface area contributed by atoms with Gasteiger partial charge in [-0.15, -0.1) is 0 Å². The van der Waals surface area contributed by atoms with Gasteiger partial charge in [-0.25, -0.2) is 14.2 Å². The Kier molecular flexibility index (Phi) is 4.98. The molecule has 0 bridgehead atoms. The zero-order chi connectivity index (χ0) is 18.0. The Balaban J connectivity index is 2.24. The van der Waals surface area contributed by atoms with Crippen molar-refractivity contribution < 1.29 is 14.3 Å². The predicted octanol–water partition coefficient (Wildman–Crippen LogP) is 2.94. The number of carbonyl (C=O) groups is 1. The number of halogens is 2. The van der Waals surface area contributed by atoms with Crippen LogP contribution in [0.1, 0.15) is 5.82 Å².